The highest BCUT2D eigenvalue weighted by Crippen LogP contribution is 2.27. The van der Waals surface area contributed by atoms with E-state index in [1.165, 1.54) is 10.9 Å². The van der Waals surface area contributed by atoms with Crippen LogP contribution in [0, 0.1) is 0 Å². The number of aromatic nitrogens is 1. The number of hydrogen-bond acceptors (Lipinski definition) is 3. The van der Waals surface area contributed by atoms with Crippen molar-refractivity contribution in [2.75, 3.05) is 13.6 Å². The third-order valence-corrected chi connectivity index (χ3v) is 3.67. The molecule has 0 amide bonds. The standard InChI is InChI=1S/C14H18N2O2/c1-9(2)16(3)5-4-10-8-15-12-7-14-13(17-18-14)6-11(10)12/h6-9,15H,4-5H2,1-3H3. The number of aromatic amines is 1. The second-order valence-corrected chi connectivity index (χ2v) is 5.15. The average Bonchev–Trinajstić information content (AvgIpc) is 2.70. The Morgan fingerprint density at radius 3 is 2.61 bits per heavy atom. The molecule has 4 nitrogen and oxygen atoms in total. The number of likely N-dealkylation sites (N-methyl/N-ethyl adjacent to an activating group) is 1. The summed E-state index contributed by atoms with van der Waals surface area (Å²) in [6, 6.07) is 4.62. The Morgan fingerprint density at radius 2 is 1.94 bits per heavy atom. The quantitative estimate of drug-likeness (QED) is 0.718. The first-order chi connectivity index (χ1) is 8.65. The topological polar surface area (TPSA) is 45.3 Å². The lowest BCUT2D eigenvalue weighted by atomic mass is 10.1. The number of H-pyrrole nitrogens is 1. The summed E-state index contributed by atoms with van der Waals surface area (Å²) >= 11 is 0. The Kier molecular flexibility index (Phi) is 2.67. The van der Waals surface area contributed by atoms with Gasteiger partial charge >= 0.3 is 0 Å². The van der Waals surface area contributed by atoms with Gasteiger partial charge in [0.25, 0.3) is 0 Å². The van der Waals surface area contributed by atoms with Gasteiger partial charge in [0, 0.05) is 35.8 Å². The molecule has 0 saturated heterocycles. The first kappa shape index (κ1) is 11.4. The zero-order chi connectivity index (χ0) is 12.7. The van der Waals surface area contributed by atoms with E-state index in [0.29, 0.717) is 6.04 Å². The van der Waals surface area contributed by atoms with Gasteiger partial charge in [-0.2, -0.15) is 0 Å². The number of nitrogens with zero attached hydrogens (tertiary/aromatic N) is 1. The second kappa shape index (κ2) is 4.21. The molecule has 3 rings (SSSR count). The molecule has 3 aromatic rings. The van der Waals surface area contributed by atoms with Crippen LogP contribution in [0.25, 0.3) is 22.1 Å². The molecule has 0 saturated carbocycles. The molecule has 0 unspecified atom stereocenters. The highest BCUT2D eigenvalue weighted by molar-refractivity contribution is 5.93. The molecule has 0 aliphatic rings. The van der Waals surface area contributed by atoms with Crippen molar-refractivity contribution in [2.24, 2.45) is 0 Å². The summed E-state index contributed by atoms with van der Waals surface area (Å²) in [4.78, 5) is 5.64. The maximum atomic E-state index is 4.95. The summed E-state index contributed by atoms with van der Waals surface area (Å²) in [6.45, 7) is 5.48. The van der Waals surface area contributed by atoms with Crippen LogP contribution in [0.4, 0.5) is 0 Å². The average molecular weight is 246 g/mol. The molecule has 0 bridgehead atoms. The van der Waals surface area contributed by atoms with Gasteiger partial charge < -0.3 is 9.88 Å². The van der Waals surface area contributed by atoms with Crippen LogP contribution in [0.5, 0.6) is 0 Å². The monoisotopic (exact) mass is 246 g/mol. The first-order valence-electron chi connectivity index (χ1n) is 6.34. The van der Waals surface area contributed by atoms with Gasteiger partial charge in [0.05, 0.1) is 0 Å². The fourth-order valence-electron chi connectivity index (χ4n) is 2.14. The second-order valence-electron chi connectivity index (χ2n) is 5.15. The van der Waals surface area contributed by atoms with Crippen LogP contribution in [0.2, 0.25) is 0 Å². The van der Waals surface area contributed by atoms with Crippen LogP contribution in [0.1, 0.15) is 19.4 Å². The van der Waals surface area contributed by atoms with E-state index < -0.39 is 0 Å². The molecule has 0 aliphatic carbocycles. The lowest BCUT2D eigenvalue weighted by molar-refractivity contribution is 0.0592. The molecule has 4 heteroatoms. The van der Waals surface area contributed by atoms with Crippen LogP contribution in [0.15, 0.2) is 27.5 Å². The minimum absolute atomic E-state index is 0.577. The maximum absolute atomic E-state index is 4.95. The predicted molar refractivity (Wildman–Crippen MR) is 71.8 cm³/mol. The summed E-state index contributed by atoms with van der Waals surface area (Å²) in [5.41, 5.74) is 4.09. The number of benzene rings is 1. The maximum Gasteiger partial charge on any atom is 0.227 e. The van der Waals surface area contributed by atoms with Crippen molar-refractivity contribution in [3.8, 4) is 0 Å². The van der Waals surface area contributed by atoms with Gasteiger partial charge in [-0.05, 0) is 38.9 Å². The van der Waals surface area contributed by atoms with Crippen LogP contribution in [0.3, 0.4) is 0 Å². The fraction of sp³-hybridized carbons (Fsp3) is 0.429. The minimum atomic E-state index is 0.577. The molecule has 1 N–H and O–H groups in total. The van der Waals surface area contributed by atoms with Crippen molar-refractivity contribution in [2.45, 2.75) is 26.3 Å². The smallest absolute Gasteiger partial charge is 0.227 e. The molecular formula is C14H18N2O2. The summed E-state index contributed by atoms with van der Waals surface area (Å²) in [5.74, 6) is 0. The van der Waals surface area contributed by atoms with Gasteiger partial charge in [-0.25, -0.2) is 0 Å². The van der Waals surface area contributed by atoms with E-state index in [-0.39, 0.29) is 0 Å². The largest absolute Gasteiger partial charge is 0.361 e. The van der Waals surface area contributed by atoms with Crippen molar-refractivity contribution in [1.82, 2.24) is 9.88 Å². The van der Waals surface area contributed by atoms with Crippen molar-refractivity contribution in [1.29, 1.82) is 0 Å². The van der Waals surface area contributed by atoms with Crippen molar-refractivity contribution in [3.05, 3.63) is 23.9 Å². The Morgan fingerprint density at radius 1 is 1.22 bits per heavy atom. The lowest BCUT2D eigenvalue weighted by Gasteiger charge is -2.20. The zero-order valence-corrected chi connectivity index (χ0v) is 11.0. The predicted octanol–water partition coefficient (Wildman–Crippen LogP) is 3.39. The molecular weight excluding hydrogens is 228 g/mol. The van der Waals surface area contributed by atoms with Crippen LogP contribution < -0.4 is 0 Å². The molecule has 2 heterocycles. The Hall–Kier alpha value is -1.68. The Balaban J connectivity index is 1.86. The van der Waals surface area contributed by atoms with Gasteiger partial charge in [-0.15, -0.1) is 0 Å². The third-order valence-electron chi connectivity index (χ3n) is 3.67. The molecule has 0 aliphatic heterocycles. The highest BCUT2D eigenvalue weighted by atomic mass is 17.0. The normalized spacial score (nSPS) is 12.5. The summed E-state index contributed by atoms with van der Waals surface area (Å²) in [6.07, 6.45) is 3.12. The van der Waals surface area contributed by atoms with E-state index >= 15 is 0 Å². The Bertz CT molecular complexity index is 660. The van der Waals surface area contributed by atoms with E-state index in [4.69, 9.17) is 9.15 Å². The SMILES string of the molecule is CC(C)N(C)CCc1c[nH]c2cc3ooc3cc12. The molecule has 2 aromatic heterocycles. The van der Waals surface area contributed by atoms with Crippen LogP contribution in [-0.4, -0.2) is 29.5 Å². The van der Waals surface area contributed by atoms with Crippen molar-refractivity contribution in [3.63, 3.8) is 0 Å². The van der Waals surface area contributed by atoms with Gasteiger partial charge in [0.1, 0.15) is 0 Å². The molecule has 1 aromatic carbocycles. The van der Waals surface area contributed by atoms with Crippen molar-refractivity contribution < 1.29 is 9.15 Å². The molecule has 0 fully saturated rings. The first-order valence-corrected chi connectivity index (χ1v) is 6.34. The van der Waals surface area contributed by atoms with Gasteiger partial charge in [0.2, 0.25) is 11.2 Å². The molecule has 0 atom stereocenters. The number of rotatable bonds is 4. The van der Waals surface area contributed by atoms with Gasteiger partial charge in [0.15, 0.2) is 0 Å². The zero-order valence-electron chi connectivity index (χ0n) is 11.0. The van der Waals surface area contributed by atoms with Gasteiger partial charge in [-0.1, -0.05) is 0 Å². The molecule has 96 valence electrons. The summed E-state index contributed by atoms with van der Waals surface area (Å²) in [5, 5.41) is 1.23. The third kappa shape index (κ3) is 1.82. The lowest BCUT2D eigenvalue weighted by Crippen LogP contribution is -2.28. The molecule has 18 heavy (non-hydrogen) atoms. The summed E-state index contributed by atoms with van der Waals surface area (Å²) < 4.78 is 9.84. The van der Waals surface area contributed by atoms with E-state index in [1.807, 2.05) is 6.07 Å². The highest BCUT2D eigenvalue weighted by Gasteiger charge is 2.12. The van der Waals surface area contributed by atoms with E-state index in [0.717, 1.165) is 29.6 Å². The number of nitrogens with one attached hydrogen (secondary N) is 1. The molecule has 0 radical (unpaired) electrons. The van der Waals surface area contributed by atoms with Gasteiger partial charge in [-0.3, -0.25) is 9.15 Å². The molecule has 0 spiro atoms. The number of hydrogen-bond donors (Lipinski definition) is 1. The Labute approximate surface area is 105 Å². The summed E-state index contributed by atoms with van der Waals surface area (Å²) in [7, 11) is 2.16. The van der Waals surface area contributed by atoms with Crippen LogP contribution in [-0.2, 0) is 6.42 Å². The van der Waals surface area contributed by atoms with Crippen molar-refractivity contribution >= 4 is 22.1 Å². The van der Waals surface area contributed by atoms with E-state index in [9.17, 15) is 0 Å². The van der Waals surface area contributed by atoms with E-state index in [1.54, 1.807) is 0 Å². The number of fused-ring (bicyclic) bond motifs is 2. The van der Waals surface area contributed by atoms with Crippen LogP contribution >= 0.6 is 0 Å². The van der Waals surface area contributed by atoms with E-state index in [2.05, 4.69) is 43.0 Å². The fourth-order valence-corrected chi connectivity index (χ4v) is 2.14. The minimum Gasteiger partial charge on any atom is -0.361 e.